The summed E-state index contributed by atoms with van der Waals surface area (Å²) in [5.41, 5.74) is 0. The van der Waals surface area contributed by atoms with Gasteiger partial charge in [-0.1, -0.05) is 22.8 Å². The molecule has 158 valence electrons. The highest BCUT2D eigenvalue weighted by molar-refractivity contribution is 7.99. The van der Waals surface area contributed by atoms with Crippen LogP contribution in [0.1, 0.15) is 18.7 Å². The SMILES string of the molecule is O=C(NCCSc1ccc(Cl)cc1)C1CCCN(Cc2nc(-c3cccs3)no2)C1. The van der Waals surface area contributed by atoms with Crippen molar-refractivity contribution in [1.82, 2.24) is 20.4 Å². The summed E-state index contributed by atoms with van der Waals surface area (Å²) in [5, 5.41) is 9.87. The quantitative estimate of drug-likeness (QED) is 0.390. The number of likely N-dealkylation sites (tertiary alicyclic amines) is 1. The molecule has 1 N–H and O–H groups in total. The first-order valence-corrected chi connectivity index (χ1v) is 12.2. The third-order valence-electron chi connectivity index (χ3n) is 4.93. The van der Waals surface area contributed by atoms with Crippen molar-refractivity contribution < 1.29 is 9.32 Å². The number of rotatable bonds is 8. The van der Waals surface area contributed by atoms with Gasteiger partial charge in [0.1, 0.15) is 0 Å². The number of nitrogens with one attached hydrogen (secondary N) is 1. The molecule has 1 unspecified atom stereocenters. The predicted octanol–water partition coefficient (Wildman–Crippen LogP) is 4.57. The predicted molar refractivity (Wildman–Crippen MR) is 121 cm³/mol. The average molecular weight is 463 g/mol. The third kappa shape index (κ3) is 5.85. The van der Waals surface area contributed by atoms with E-state index >= 15 is 0 Å². The zero-order valence-corrected chi connectivity index (χ0v) is 18.8. The van der Waals surface area contributed by atoms with Crippen molar-refractivity contribution in [1.29, 1.82) is 0 Å². The molecule has 1 amide bonds. The molecule has 0 spiro atoms. The van der Waals surface area contributed by atoms with Gasteiger partial charge in [0.15, 0.2) is 0 Å². The molecule has 1 aromatic carbocycles. The summed E-state index contributed by atoms with van der Waals surface area (Å²) in [6.07, 6.45) is 1.90. The van der Waals surface area contributed by atoms with Crippen LogP contribution >= 0.6 is 34.7 Å². The standard InChI is InChI=1S/C21H23ClN4O2S2/c22-16-5-7-17(8-6-16)29-12-9-23-21(27)15-3-1-10-26(13-15)14-19-24-20(25-28-19)18-4-2-11-30-18/h2,4-8,11,15H,1,3,9-10,12-14H2,(H,23,27). The maximum Gasteiger partial charge on any atom is 0.241 e. The van der Waals surface area contributed by atoms with Crippen LogP contribution in [-0.2, 0) is 11.3 Å². The number of nitrogens with zero attached hydrogens (tertiary/aromatic N) is 3. The van der Waals surface area contributed by atoms with E-state index in [1.807, 2.05) is 41.8 Å². The topological polar surface area (TPSA) is 71.3 Å². The first-order valence-electron chi connectivity index (χ1n) is 9.92. The number of thioether (sulfide) groups is 1. The van der Waals surface area contributed by atoms with Crippen molar-refractivity contribution in [2.75, 3.05) is 25.4 Å². The summed E-state index contributed by atoms with van der Waals surface area (Å²) in [6, 6.07) is 11.7. The molecule has 4 rings (SSSR count). The minimum absolute atomic E-state index is 0.000954. The van der Waals surface area contributed by atoms with Gasteiger partial charge in [0, 0.05) is 28.8 Å². The van der Waals surface area contributed by atoms with Gasteiger partial charge in [-0.3, -0.25) is 9.69 Å². The Morgan fingerprint density at radius 1 is 1.33 bits per heavy atom. The van der Waals surface area contributed by atoms with E-state index in [1.54, 1.807) is 23.1 Å². The Bertz CT molecular complexity index is 946. The van der Waals surface area contributed by atoms with Crippen molar-refractivity contribution in [3.63, 3.8) is 0 Å². The summed E-state index contributed by atoms with van der Waals surface area (Å²) in [4.78, 5) is 21.5. The van der Waals surface area contributed by atoms with Crippen molar-refractivity contribution in [3.05, 3.63) is 52.7 Å². The molecule has 2 aromatic heterocycles. The molecule has 0 radical (unpaired) electrons. The average Bonchev–Trinajstić information content (AvgIpc) is 3.44. The lowest BCUT2D eigenvalue weighted by Crippen LogP contribution is -2.43. The Balaban J connectivity index is 1.21. The normalized spacial score (nSPS) is 17.2. The number of carbonyl (C=O) groups excluding carboxylic acids is 1. The number of piperidine rings is 1. The Morgan fingerprint density at radius 2 is 2.20 bits per heavy atom. The fraction of sp³-hybridized carbons (Fsp3) is 0.381. The van der Waals surface area contributed by atoms with E-state index in [0.29, 0.717) is 31.3 Å². The van der Waals surface area contributed by atoms with Crippen LogP contribution < -0.4 is 5.32 Å². The summed E-state index contributed by atoms with van der Waals surface area (Å²) in [5.74, 6) is 2.18. The van der Waals surface area contributed by atoms with Crippen LogP contribution in [0.5, 0.6) is 0 Å². The lowest BCUT2D eigenvalue weighted by molar-refractivity contribution is -0.126. The Hall–Kier alpha value is -1.87. The molecule has 30 heavy (non-hydrogen) atoms. The second-order valence-corrected chi connectivity index (χ2v) is 9.71. The zero-order chi connectivity index (χ0) is 20.8. The van der Waals surface area contributed by atoms with Crippen LogP contribution in [0.3, 0.4) is 0 Å². The summed E-state index contributed by atoms with van der Waals surface area (Å²) < 4.78 is 5.41. The number of halogens is 1. The fourth-order valence-corrected chi connectivity index (χ4v) is 4.99. The molecule has 1 fully saturated rings. The second kappa shape index (κ2) is 10.4. The van der Waals surface area contributed by atoms with Gasteiger partial charge in [-0.25, -0.2) is 0 Å². The number of hydrogen-bond donors (Lipinski definition) is 1. The van der Waals surface area contributed by atoms with Gasteiger partial charge in [0.25, 0.3) is 0 Å². The van der Waals surface area contributed by atoms with Crippen molar-refractivity contribution in [2.45, 2.75) is 24.3 Å². The molecule has 9 heteroatoms. The molecule has 1 saturated heterocycles. The number of carbonyl (C=O) groups is 1. The van der Waals surface area contributed by atoms with Gasteiger partial charge in [-0.05, 0) is 55.1 Å². The van der Waals surface area contributed by atoms with Crippen LogP contribution in [-0.4, -0.2) is 46.3 Å². The van der Waals surface area contributed by atoms with Gasteiger partial charge in [-0.15, -0.1) is 23.1 Å². The van der Waals surface area contributed by atoms with E-state index in [1.165, 1.54) is 0 Å². The van der Waals surface area contributed by atoms with Crippen molar-refractivity contribution in [3.8, 4) is 10.7 Å². The van der Waals surface area contributed by atoms with E-state index in [9.17, 15) is 4.79 Å². The van der Waals surface area contributed by atoms with E-state index in [-0.39, 0.29) is 11.8 Å². The minimum atomic E-state index is -0.000954. The summed E-state index contributed by atoms with van der Waals surface area (Å²) in [7, 11) is 0. The molecule has 3 aromatic rings. The lowest BCUT2D eigenvalue weighted by atomic mass is 9.97. The minimum Gasteiger partial charge on any atom is -0.355 e. The molecule has 1 atom stereocenters. The van der Waals surface area contributed by atoms with E-state index in [0.717, 1.165) is 39.9 Å². The van der Waals surface area contributed by atoms with Crippen LogP contribution in [0, 0.1) is 5.92 Å². The molecule has 3 heterocycles. The van der Waals surface area contributed by atoms with Gasteiger partial charge in [-0.2, -0.15) is 4.98 Å². The summed E-state index contributed by atoms with van der Waals surface area (Å²) >= 11 is 9.20. The third-order valence-corrected chi connectivity index (χ3v) is 7.06. The first kappa shape index (κ1) is 21.4. The molecular weight excluding hydrogens is 440 g/mol. The van der Waals surface area contributed by atoms with Gasteiger partial charge >= 0.3 is 0 Å². The fourth-order valence-electron chi connectivity index (χ4n) is 3.45. The number of amides is 1. The number of benzene rings is 1. The first-order chi connectivity index (χ1) is 14.7. The molecule has 1 aliphatic rings. The summed E-state index contributed by atoms with van der Waals surface area (Å²) in [6.45, 7) is 2.88. The molecule has 0 bridgehead atoms. The number of hydrogen-bond acceptors (Lipinski definition) is 7. The maximum atomic E-state index is 12.6. The second-order valence-electron chi connectivity index (χ2n) is 7.16. The maximum absolute atomic E-state index is 12.6. The largest absolute Gasteiger partial charge is 0.355 e. The Labute approximate surface area is 189 Å². The molecule has 6 nitrogen and oxygen atoms in total. The Kier molecular flexibility index (Phi) is 7.43. The molecular formula is C21H23ClN4O2S2. The number of thiophene rings is 1. The van der Waals surface area contributed by atoms with Gasteiger partial charge < -0.3 is 9.84 Å². The highest BCUT2D eigenvalue weighted by Crippen LogP contribution is 2.23. The molecule has 1 aliphatic heterocycles. The van der Waals surface area contributed by atoms with Crippen LogP contribution in [0.4, 0.5) is 0 Å². The lowest BCUT2D eigenvalue weighted by Gasteiger charge is -2.30. The smallest absolute Gasteiger partial charge is 0.241 e. The number of aromatic nitrogens is 2. The van der Waals surface area contributed by atoms with E-state index in [2.05, 4.69) is 20.4 Å². The molecule has 0 saturated carbocycles. The zero-order valence-electron chi connectivity index (χ0n) is 16.4. The van der Waals surface area contributed by atoms with E-state index in [4.69, 9.17) is 16.1 Å². The monoisotopic (exact) mass is 462 g/mol. The van der Waals surface area contributed by atoms with Gasteiger partial charge in [0.2, 0.25) is 17.6 Å². The Morgan fingerprint density at radius 3 is 3.00 bits per heavy atom. The van der Waals surface area contributed by atoms with Gasteiger partial charge in [0.05, 0.1) is 17.3 Å². The van der Waals surface area contributed by atoms with Crippen LogP contribution in [0.25, 0.3) is 10.7 Å². The van der Waals surface area contributed by atoms with Crippen molar-refractivity contribution in [2.24, 2.45) is 5.92 Å². The highest BCUT2D eigenvalue weighted by atomic mass is 35.5. The highest BCUT2D eigenvalue weighted by Gasteiger charge is 2.26. The van der Waals surface area contributed by atoms with Crippen LogP contribution in [0.15, 0.2) is 51.2 Å². The van der Waals surface area contributed by atoms with E-state index < -0.39 is 0 Å². The molecule has 0 aliphatic carbocycles. The van der Waals surface area contributed by atoms with Crippen LogP contribution in [0.2, 0.25) is 5.02 Å². The van der Waals surface area contributed by atoms with Crippen molar-refractivity contribution >= 4 is 40.6 Å².